The summed E-state index contributed by atoms with van der Waals surface area (Å²) in [7, 11) is 0. The van der Waals surface area contributed by atoms with E-state index in [2.05, 4.69) is 46.7 Å². The van der Waals surface area contributed by atoms with Gasteiger partial charge in [-0.15, -0.1) is 10.2 Å². The minimum absolute atomic E-state index is 0.163. The van der Waals surface area contributed by atoms with Crippen molar-refractivity contribution >= 4 is 72.5 Å². The van der Waals surface area contributed by atoms with Gasteiger partial charge in [0.15, 0.2) is 4.34 Å². The predicted octanol–water partition coefficient (Wildman–Crippen LogP) is 4.33. The van der Waals surface area contributed by atoms with E-state index in [0.717, 1.165) is 10.2 Å². The monoisotopic (exact) mass is 490 g/mol. The van der Waals surface area contributed by atoms with E-state index in [1.807, 2.05) is 24.3 Å². The first-order valence-electron chi connectivity index (χ1n) is 8.52. The molecule has 11 heteroatoms. The fourth-order valence-electron chi connectivity index (χ4n) is 2.56. The van der Waals surface area contributed by atoms with Gasteiger partial charge in [-0.05, 0) is 43.3 Å². The number of carbonyl (C=O) groups is 1. The number of hydrogen-bond donors (Lipinski definition) is 4. The highest BCUT2D eigenvalue weighted by atomic mass is 79.9. The average Bonchev–Trinajstić information content (AvgIpc) is 3.26. The van der Waals surface area contributed by atoms with Crippen LogP contribution in [0.15, 0.2) is 56.1 Å². The molecule has 0 aliphatic heterocycles. The number of H-pyrrole nitrogens is 2. The third-order valence-corrected chi connectivity index (χ3v) is 6.43. The number of aromatic amines is 2. The van der Waals surface area contributed by atoms with Crippen molar-refractivity contribution < 1.29 is 4.79 Å². The van der Waals surface area contributed by atoms with Gasteiger partial charge in [0.2, 0.25) is 11.0 Å². The Bertz CT molecular complexity index is 1230. The average molecular weight is 491 g/mol. The molecule has 1 amide bonds. The summed E-state index contributed by atoms with van der Waals surface area (Å²) in [4.78, 5) is 29.2. The van der Waals surface area contributed by atoms with Crippen molar-refractivity contribution in [3.05, 3.63) is 57.4 Å². The van der Waals surface area contributed by atoms with Gasteiger partial charge in [-0.1, -0.05) is 45.1 Å². The van der Waals surface area contributed by atoms with E-state index in [4.69, 9.17) is 0 Å². The summed E-state index contributed by atoms with van der Waals surface area (Å²) in [6.07, 6.45) is 0. The Morgan fingerprint density at radius 2 is 1.97 bits per heavy atom. The number of hydrogen-bond acceptors (Lipinski definition) is 7. The van der Waals surface area contributed by atoms with E-state index >= 15 is 0 Å². The summed E-state index contributed by atoms with van der Waals surface area (Å²) in [6, 6.07) is 12.9. The van der Waals surface area contributed by atoms with Crippen molar-refractivity contribution in [2.45, 2.75) is 16.5 Å². The predicted molar refractivity (Wildman–Crippen MR) is 120 cm³/mol. The Hall–Kier alpha value is -2.63. The highest BCUT2D eigenvalue weighted by Gasteiger charge is 2.18. The summed E-state index contributed by atoms with van der Waals surface area (Å²) in [5, 5.41) is 14.6. The van der Waals surface area contributed by atoms with Crippen molar-refractivity contribution in [2.75, 3.05) is 10.6 Å². The molecule has 0 radical (unpaired) electrons. The van der Waals surface area contributed by atoms with Gasteiger partial charge in [-0.25, -0.2) is 4.79 Å². The summed E-state index contributed by atoms with van der Waals surface area (Å²) >= 11 is 6.14. The Labute approximate surface area is 181 Å². The topological polar surface area (TPSA) is 116 Å². The van der Waals surface area contributed by atoms with Gasteiger partial charge in [0.25, 0.3) is 0 Å². The van der Waals surface area contributed by atoms with Crippen molar-refractivity contribution in [1.82, 2.24) is 20.2 Å². The first-order chi connectivity index (χ1) is 14.0. The molecule has 2 heterocycles. The second-order valence-electron chi connectivity index (χ2n) is 6.10. The van der Waals surface area contributed by atoms with E-state index in [1.54, 1.807) is 25.1 Å². The van der Waals surface area contributed by atoms with Gasteiger partial charge in [0.05, 0.1) is 16.3 Å². The number of imidazole rings is 1. The Morgan fingerprint density at radius 3 is 2.79 bits per heavy atom. The maximum Gasteiger partial charge on any atom is 0.323 e. The van der Waals surface area contributed by atoms with Crippen LogP contribution in [0.1, 0.15) is 6.92 Å². The van der Waals surface area contributed by atoms with Crippen molar-refractivity contribution in [2.24, 2.45) is 0 Å². The summed E-state index contributed by atoms with van der Waals surface area (Å²) in [6.45, 7) is 1.81. The van der Waals surface area contributed by atoms with Crippen LogP contribution in [0.3, 0.4) is 0 Å². The van der Waals surface area contributed by atoms with Gasteiger partial charge < -0.3 is 20.6 Å². The minimum Gasteiger partial charge on any atom is -0.330 e. The second kappa shape index (κ2) is 8.39. The number of carbonyl (C=O) groups excluding carboxylic acids is 1. The standard InChI is InChI=1S/C18H15BrN6O2S2/c1-9(15(26)20-12-5-6-13-14(8-12)23-16(27)22-13)28-18-25-24-17(29-18)21-11-4-2-3-10(19)7-11/h2-9H,1H3,(H,20,26)(H,21,24)(H2,22,23,27). The first-order valence-corrected chi connectivity index (χ1v) is 11.0. The van der Waals surface area contributed by atoms with Crippen LogP contribution in [0.5, 0.6) is 0 Å². The normalized spacial score (nSPS) is 12.1. The van der Waals surface area contributed by atoms with Crippen molar-refractivity contribution in [3.8, 4) is 0 Å². The zero-order valence-electron chi connectivity index (χ0n) is 15.0. The maximum absolute atomic E-state index is 12.5. The molecule has 0 aliphatic rings. The Morgan fingerprint density at radius 1 is 1.14 bits per heavy atom. The molecule has 1 atom stereocenters. The second-order valence-corrected chi connectivity index (χ2v) is 9.58. The number of rotatable bonds is 6. The third-order valence-electron chi connectivity index (χ3n) is 3.91. The minimum atomic E-state index is -0.373. The van der Waals surface area contributed by atoms with Gasteiger partial charge in [0.1, 0.15) is 0 Å². The van der Waals surface area contributed by atoms with Crippen LogP contribution >= 0.6 is 39.0 Å². The molecule has 0 fully saturated rings. The maximum atomic E-state index is 12.5. The zero-order valence-corrected chi connectivity index (χ0v) is 18.2. The Balaban J connectivity index is 1.38. The molecule has 0 spiro atoms. The fourth-order valence-corrected chi connectivity index (χ4v) is 4.87. The van der Waals surface area contributed by atoms with E-state index in [1.165, 1.54) is 23.1 Å². The molecule has 4 rings (SSSR count). The number of anilines is 3. The smallest absolute Gasteiger partial charge is 0.323 e. The van der Waals surface area contributed by atoms with Crippen LogP contribution < -0.4 is 16.3 Å². The van der Waals surface area contributed by atoms with Gasteiger partial charge in [-0.3, -0.25) is 4.79 Å². The number of nitrogens with one attached hydrogen (secondary N) is 4. The lowest BCUT2D eigenvalue weighted by Crippen LogP contribution is -2.22. The molecule has 29 heavy (non-hydrogen) atoms. The first kappa shape index (κ1) is 19.7. The quantitative estimate of drug-likeness (QED) is 0.299. The van der Waals surface area contributed by atoms with Crippen LogP contribution in [-0.2, 0) is 4.79 Å². The van der Waals surface area contributed by atoms with Crippen LogP contribution in [0.25, 0.3) is 11.0 Å². The molecule has 148 valence electrons. The van der Waals surface area contributed by atoms with Crippen LogP contribution in [0.4, 0.5) is 16.5 Å². The number of halogens is 1. The van der Waals surface area contributed by atoms with E-state index in [-0.39, 0.29) is 16.8 Å². The molecule has 1 unspecified atom stereocenters. The lowest BCUT2D eigenvalue weighted by atomic mass is 10.2. The number of amides is 1. The van der Waals surface area contributed by atoms with Gasteiger partial charge in [0, 0.05) is 15.8 Å². The third kappa shape index (κ3) is 4.86. The zero-order chi connectivity index (χ0) is 20.4. The molecule has 0 saturated heterocycles. The number of fused-ring (bicyclic) bond motifs is 1. The van der Waals surface area contributed by atoms with Crippen LogP contribution in [0, 0.1) is 0 Å². The SMILES string of the molecule is CC(Sc1nnc(Nc2cccc(Br)c2)s1)C(=O)Nc1ccc2[nH]c(=O)[nH]c2c1. The summed E-state index contributed by atoms with van der Waals surface area (Å²) in [5.74, 6) is -0.163. The number of benzene rings is 2. The lowest BCUT2D eigenvalue weighted by Gasteiger charge is -2.10. The molecule has 4 N–H and O–H groups in total. The lowest BCUT2D eigenvalue weighted by molar-refractivity contribution is -0.115. The molecular weight excluding hydrogens is 476 g/mol. The largest absolute Gasteiger partial charge is 0.330 e. The number of aromatic nitrogens is 4. The van der Waals surface area contributed by atoms with Crippen LogP contribution in [0.2, 0.25) is 0 Å². The summed E-state index contributed by atoms with van der Waals surface area (Å²) < 4.78 is 1.66. The molecular formula is C18H15BrN6O2S2. The van der Waals surface area contributed by atoms with Gasteiger partial charge in [-0.2, -0.15) is 0 Å². The highest BCUT2D eigenvalue weighted by molar-refractivity contribution is 9.10. The molecule has 0 aliphatic carbocycles. The molecule has 0 bridgehead atoms. The van der Waals surface area contributed by atoms with Crippen LogP contribution in [-0.4, -0.2) is 31.3 Å². The van der Waals surface area contributed by atoms with E-state index in [0.29, 0.717) is 26.2 Å². The highest BCUT2D eigenvalue weighted by Crippen LogP contribution is 2.31. The van der Waals surface area contributed by atoms with E-state index < -0.39 is 0 Å². The van der Waals surface area contributed by atoms with Crippen molar-refractivity contribution in [1.29, 1.82) is 0 Å². The molecule has 8 nitrogen and oxygen atoms in total. The molecule has 0 saturated carbocycles. The molecule has 2 aromatic carbocycles. The van der Waals surface area contributed by atoms with Gasteiger partial charge >= 0.3 is 5.69 Å². The number of nitrogens with zero attached hydrogens (tertiary/aromatic N) is 2. The molecule has 4 aromatic rings. The van der Waals surface area contributed by atoms with E-state index in [9.17, 15) is 9.59 Å². The summed E-state index contributed by atoms with van der Waals surface area (Å²) in [5.41, 5.74) is 2.56. The molecule has 2 aromatic heterocycles. The Kier molecular flexibility index (Phi) is 5.69. The fraction of sp³-hybridized carbons (Fsp3) is 0.111. The van der Waals surface area contributed by atoms with Crippen molar-refractivity contribution in [3.63, 3.8) is 0 Å². The number of thioether (sulfide) groups is 1.